The van der Waals surface area contributed by atoms with E-state index in [2.05, 4.69) is 29.7 Å². The summed E-state index contributed by atoms with van der Waals surface area (Å²) in [5.41, 5.74) is 5.19. The van der Waals surface area contributed by atoms with Gasteiger partial charge in [0.1, 0.15) is 5.75 Å². The van der Waals surface area contributed by atoms with Gasteiger partial charge in [0, 0.05) is 75.2 Å². The molecular formula is C35H36N6O3. The Labute approximate surface area is 257 Å². The van der Waals surface area contributed by atoms with Gasteiger partial charge in [-0.15, -0.1) is 0 Å². The largest absolute Gasteiger partial charge is 0.507 e. The van der Waals surface area contributed by atoms with Crippen LogP contribution in [0.1, 0.15) is 51.2 Å². The molecule has 0 aliphatic carbocycles. The number of esters is 1. The van der Waals surface area contributed by atoms with Crippen LogP contribution in [0.15, 0.2) is 110 Å². The average molecular weight is 589 g/mol. The number of hydrogen-bond acceptors (Lipinski definition) is 9. The molecule has 0 radical (unpaired) electrons. The highest BCUT2D eigenvalue weighted by molar-refractivity contribution is 5.90. The van der Waals surface area contributed by atoms with Crippen LogP contribution >= 0.6 is 0 Å². The van der Waals surface area contributed by atoms with Crippen LogP contribution in [0.2, 0.25) is 0 Å². The molecule has 4 aromatic heterocycles. The summed E-state index contributed by atoms with van der Waals surface area (Å²) < 4.78 is 5.38. The molecule has 0 atom stereocenters. The molecule has 0 aliphatic heterocycles. The summed E-state index contributed by atoms with van der Waals surface area (Å²) in [5.74, 6) is -0.297. The van der Waals surface area contributed by atoms with Crippen molar-refractivity contribution in [2.75, 3.05) is 6.61 Å². The molecule has 0 amide bonds. The van der Waals surface area contributed by atoms with Gasteiger partial charge in [-0.1, -0.05) is 24.3 Å². The second-order valence-electron chi connectivity index (χ2n) is 10.4. The number of phenolic OH excluding ortho intramolecular Hbond substituents is 1. The lowest BCUT2D eigenvalue weighted by Crippen LogP contribution is -2.25. The molecule has 5 aromatic rings. The highest BCUT2D eigenvalue weighted by Crippen LogP contribution is 2.29. The number of carbonyl (C=O) groups is 1. The minimum Gasteiger partial charge on any atom is -0.507 e. The lowest BCUT2D eigenvalue weighted by atomic mass is 10.0. The van der Waals surface area contributed by atoms with Crippen LogP contribution in [0.25, 0.3) is 0 Å². The van der Waals surface area contributed by atoms with Crippen molar-refractivity contribution in [3.8, 4) is 5.75 Å². The third-order valence-corrected chi connectivity index (χ3v) is 7.01. The van der Waals surface area contributed by atoms with Crippen LogP contribution in [0.3, 0.4) is 0 Å². The fraction of sp³-hybridized carbons (Fsp3) is 0.229. The van der Waals surface area contributed by atoms with Gasteiger partial charge in [0.25, 0.3) is 0 Å². The fourth-order valence-electron chi connectivity index (χ4n) is 5.03. The predicted molar refractivity (Wildman–Crippen MR) is 167 cm³/mol. The average Bonchev–Trinajstić information content (AvgIpc) is 3.05. The fourth-order valence-corrected chi connectivity index (χ4v) is 5.03. The number of ether oxygens (including phenoxy) is 1. The number of benzene rings is 1. The third-order valence-electron chi connectivity index (χ3n) is 7.01. The van der Waals surface area contributed by atoms with Gasteiger partial charge in [-0.2, -0.15) is 0 Å². The van der Waals surface area contributed by atoms with E-state index in [0.29, 0.717) is 56.0 Å². The number of nitrogens with zero attached hydrogens (tertiary/aromatic N) is 6. The normalized spacial score (nSPS) is 11.2. The molecule has 0 saturated carbocycles. The van der Waals surface area contributed by atoms with Crippen molar-refractivity contribution < 1.29 is 14.6 Å². The SMILES string of the molecule is CCOC(=O)c1cc(CN(Cc2ccccn2)Cc2ccccn2)c(O)c(CN(Cc2ccccn2)Cc2ccccn2)c1. The van der Waals surface area contributed by atoms with Crippen molar-refractivity contribution in [2.24, 2.45) is 0 Å². The Bertz CT molecular complexity index is 1410. The van der Waals surface area contributed by atoms with Crippen LogP contribution in [0.4, 0.5) is 0 Å². The Kier molecular flexibility index (Phi) is 10.7. The molecule has 0 saturated heterocycles. The van der Waals surface area contributed by atoms with Crippen LogP contribution in [-0.4, -0.2) is 47.4 Å². The van der Waals surface area contributed by atoms with E-state index >= 15 is 0 Å². The maximum absolute atomic E-state index is 13.0. The van der Waals surface area contributed by atoms with Crippen LogP contribution < -0.4 is 0 Å². The molecule has 1 aromatic carbocycles. The Morgan fingerprint density at radius 1 is 0.614 bits per heavy atom. The van der Waals surface area contributed by atoms with E-state index in [1.54, 1.807) is 43.8 Å². The quantitative estimate of drug-likeness (QED) is 0.167. The number of carbonyl (C=O) groups excluding carboxylic acids is 1. The summed E-state index contributed by atoms with van der Waals surface area (Å²) in [6.45, 7) is 4.87. The number of phenols is 1. The zero-order valence-electron chi connectivity index (χ0n) is 24.8. The molecule has 224 valence electrons. The van der Waals surface area contributed by atoms with Gasteiger partial charge < -0.3 is 9.84 Å². The molecule has 44 heavy (non-hydrogen) atoms. The monoisotopic (exact) mass is 588 g/mol. The van der Waals surface area contributed by atoms with Gasteiger partial charge in [-0.25, -0.2) is 4.79 Å². The standard InChI is InChI=1S/C35H36N6O3/c1-2-44-35(43)27-19-28(21-40(23-30-11-3-7-15-36-30)24-31-12-4-8-16-37-31)34(42)29(20-27)22-41(25-32-13-5-9-17-38-32)26-33-14-6-10-18-39-33/h3-20,42H,2,21-26H2,1H3. The molecule has 4 heterocycles. The first kappa shape index (κ1) is 30.5. The first-order valence-corrected chi connectivity index (χ1v) is 14.6. The number of rotatable bonds is 14. The van der Waals surface area contributed by atoms with Crippen molar-refractivity contribution in [1.29, 1.82) is 0 Å². The molecule has 0 unspecified atom stereocenters. The summed E-state index contributed by atoms with van der Waals surface area (Å²) in [5, 5.41) is 11.7. The second kappa shape index (κ2) is 15.5. The Balaban J connectivity index is 1.49. The molecule has 0 fully saturated rings. The van der Waals surface area contributed by atoms with E-state index in [9.17, 15) is 9.90 Å². The van der Waals surface area contributed by atoms with Gasteiger partial charge in [0.15, 0.2) is 0 Å². The third kappa shape index (κ3) is 8.76. The maximum Gasteiger partial charge on any atom is 0.338 e. The smallest absolute Gasteiger partial charge is 0.338 e. The molecule has 0 aliphatic rings. The van der Waals surface area contributed by atoms with Crippen molar-refractivity contribution in [2.45, 2.75) is 46.2 Å². The van der Waals surface area contributed by atoms with Gasteiger partial charge >= 0.3 is 5.97 Å². The minimum atomic E-state index is -0.433. The first-order valence-electron chi connectivity index (χ1n) is 14.6. The van der Waals surface area contributed by atoms with Crippen molar-refractivity contribution in [1.82, 2.24) is 29.7 Å². The van der Waals surface area contributed by atoms with E-state index in [1.165, 1.54) is 0 Å². The molecule has 0 spiro atoms. The minimum absolute atomic E-state index is 0.136. The van der Waals surface area contributed by atoms with Gasteiger partial charge in [0.05, 0.1) is 34.9 Å². The molecule has 9 nitrogen and oxygen atoms in total. The van der Waals surface area contributed by atoms with Crippen LogP contribution in [0.5, 0.6) is 5.75 Å². The van der Waals surface area contributed by atoms with Crippen LogP contribution in [0, 0.1) is 0 Å². The van der Waals surface area contributed by atoms with Crippen LogP contribution in [-0.2, 0) is 44.0 Å². The zero-order valence-corrected chi connectivity index (χ0v) is 24.8. The Morgan fingerprint density at radius 3 is 1.27 bits per heavy atom. The van der Waals surface area contributed by atoms with E-state index < -0.39 is 5.97 Å². The van der Waals surface area contributed by atoms with E-state index in [-0.39, 0.29) is 12.4 Å². The summed E-state index contributed by atoms with van der Waals surface area (Å²) in [7, 11) is 0. The topological polar surface area (TPSA) is 105 Å². The predicted octanol–water partition coefficient (Wildman–Crippen LogP) is 5.55. The number of aromatic nitrogens is 4. The second-order valence-corrected chi connectivity index (χ2v) is 10.4. The van der Waals surface area contributed by atoms with E-state index in [0.717, 1.165) is 22.8 Å². The molecule has 9 heteroatoms. The summed E-state index contributed by atoms with van der Waals surface area (Å²) in [6.07, 6.45) is 7.07. The van der Waals surface area contributed by atoms with E-state index in [4.69, 9.17) is 4.74 Å². The summed E-state index contributed by atoms with van der Waals surface area (Å²) in [6, 6.07) is 26.7. The summed E-state index contributed by atoms with van der Waals surface area (Å²) in [4.78, 5) is 35.4. The number of hydrogen-bond donors (Lipinski definition) is 1. The van der Waals surface area contributed by atoms with Crippen molar-refractivity contribution in [3.05, 3.63) is 149 Å². The molecular weight excluding hydrogens is 552 g/mol. The van der Waals surface area contributed by atoms with Crippen molar-refractivity contribution in [3.63, 3.8) is 0 Å². The lowest BCUT2D eigenvalue weighted by Gasteiger charge is -2.25. The van der Waals surface area contributed by atoms with Gasteiger partial charge in [-0.3, -0.25) is 29.7 Å². The molecule has 1 N–H and O–H groups in total. The highest BCUT2D eigenvalue weighted by atomic mass is 16.5. The lowest BCUT2D eigenvalue weighted by molar-refractivity contribution is 0.0525. The summed E-state index contributed by atoms with van der Waals surface area (Å²) >= 11 is 0. The zero-order chi connectivity index (χ0) is 30.6. The highest BCUT2D eigenvalue weighted by Gasteiger charge is 2.21. The molecule has 0 bridgehead atoms. The van der Waals surface area contributed by atoms with E-state index in [1.807, 2.05) is 72.8 Å². The van der Waals surface area contributed by atoms with Crippen molar-refractivity contribution >= 4 is 5.97 Å². The number of pyridine rings is 4. The van der Waals surface area contributed by atoms with Gasteiger partial charge in [-0.05, 0) is 67.6 Å². The molecule has 5 rings (SSSR count). The maximum atomic E-state index is 13.0. The first-order chi connectivity index (χ1) is 21.6. The Morgan fingerprint density at radius 2 is 0.977 bits per heavy atom. The Hall–Kier alpha value is -4.99. The number of aromatic hydroxyl groups is 1. The van der Waals surface area contributed by atoms with Gasteiger partial charge in [0.2, 0.25) is 0 Å².